The standard InChI is InChI=1S/C12H19BrN2O/c1-8(2)15-11(7-14)9-4-5-12(16-3)10(13)6-9/h4-6,8,11,15H,7,14H2,1-3H3. The molecule has 0 saturated heterocycles. The Balaban J connectivity index is 2.89. The van der Waals surface area contributed by atoms with E-state index in [0.717, 1.165) is 10.2 Å². The summed E-state index contributed by atoms with van der Waals surface area (Å²) in [6.07, 6.45) is 0. The van der Waals surface area contributed by atoms with Crippen LogP contribution in [0.2, 0.25) is 0 Å². The number of hydrogen-bond acceptors (Lipinski definition) is 3. The van der Waals surface area contributed by atoms with Crippen LogP contribution in [0.1, 0.15) is 25.5 Å². The summed E-state index contributed by atoms with van der Waals surface area (Å²) in [5, 5.41) is 3.42. The zero-order valence-corrected chi connectivity index (χ0v) is 11.5. The molecule has 0 fully saturated rings. The van der Waals surface area contributed by atoms with E-state index in [2.05, 4.69) is 35.1 Å². The third-order valence-corrected chi connectivity index (χ3v) is 2.97. The summed E-state index contributed by atoms with van der Waals surface area (Å²) < 4.78 is 6.15. The Morgan fingerprint density at radius 3 is 2.56 bits per heavy atom. The van der Waals surface area contributed by atoms with Gasteiger partial charge < -0.3 is 15.8 Å². The van der Waals surface area contributed by atoms with E-state index < -0.39 is 0 Å². The molecule has 0 aromatic heterocycles. The lowest BCUT2D eigenvalue weighted by Crippen LogP contribution is -2.33. The van der Waals surface area contributed by atoms with Crippen molar-refractivity contribution >= 4 is 15.9 Å². The van der Waals surface area contributed by atoms with Gasteiger partial charge >= 0.3 is 0 Å². The van der Waals surface area contributed by atoms with E-state index in [1.165, 1.54) is 5.56 Å². The first kappa shape index (κ1) is 13.5. The first-order chi connectivity index (χ1) is 7.58. The molecule has 1 rings (SSSR count). The molecule has 0 aliphatic rings. The second-order valence-corrected chi connectivity index (χ2v) is 4.86. The molecule has 1 atom stereocenters. The number of methoxy groups -OCH3 is 1. The summed E-state index contributed by atoms with van der Waals surface area (Å²) in [5.41, 5.74) is 6.93. The molecule has 0 saturated carbocycles. The van der Waals surface area contributed by atoms with E-state index >= 15 is 0 Å². The largest absolute Gasteiger partial charge is 0.496 e. The van der Waals surface area contributed by atoms with Crippen molar-refractivity contribution in [3.63, 3.8) is 0 Å². The van der Waals surface area contributed by atoms with Crippen molar-refractivity contribution in [2.24, 2.45) is 5.73 Å². The number of nitrogens with one attached hydrogen (secondary N) is 1. The van der Waals surface area contributed by atoms with Gasteiger partial charge in [-0.15, -0.1) is 0 Å². The second kappa shape index (κ2) is 6.23. The van der Waals surface area contributed by atoms with Gasteiger partial charge in [0.25, 0.3) is 0 Å². The van der Waals surface area contributed by atoms with Gasteiger partial charge in [-0.3, -0.25) is 0 Å². The smallest absolute Gasteiger partial charge is 0.133 e. The van der Waals surface area contributed by atoms with E-state index in [9.17, 15) is 0 Å². The molecule has 0 heterocycles. The zero-order chi connectivity index (χ0) is 12.1. The highest BCUT2D eigenvalue weighted by molar-refractivity contribution is 9.10. The Labute approximate surface area is 105 Å². The van der Waals surface area contributed by atoms with Gasteiger partial charge in [0.05, 0.1) is 11.6 Å². The Hall–Kier alpha value is -0.580. The van der Waals surface area contributed by atoms with Crippen LogP contribution in [-0.4, -0.2) is 19.7 Å². The molecule has 0 bridgehead atoms. The molecule has 4 heteroatoms. The van der Waals surface area contributed by atoms with Crippen LogP contribution in [0.25, 0.3) is 0 Å². The van der Waals surface area contributed by atoms with Crippen LogP contribution in [0.5, 0.6) is 5.75 Å². The SMILES string of the molecule is COc1ccc(C(CN)NC(C)C)cc1Br. The molecular weight excluding hydrogens is 268 g/mol. The van der Waals surface area contributed by atoms with Gasteiger partial charge in [-0.2, -0.15) is 0 Å². The number of benzene rings is 1. The molecule has 1 aromatic rings. The van der Waals surface area contributed by atoms with Crippen LogP contribution in [-0.2, 0) is 0 Å². The fourth-order valence-electron chi connectivity index (χ4n) is 1.60. The lowest BCUT2D eigenvalue weighted by atomic mass is 10.1. The summed E-state index contributed by atoms with van der Waals surface area (Å²) in [4.78, 5) is 0. The van der Waals surface area contributed by atoms with Gasteiger partial charge in [0, 0.05) is 18.6 Å². The summed E-state index contributed by atoms with van der Waals surface area (Å²) in [5.74, 6) is 0.837. The fourth-order valence-corrected chi connectivity index (χ4v) is 2.16. The van der Waals surface area contributed by atoms with E-state index in [1.54, 1.807) is 7.11 Å². The van der Waals surface area contributed by atoms with Crippen LogP contribution in [0.3, 0.4) is 0 Å². The number of ether oxygens (including phenoxy) is 1. The molecular formula is C12H19BrN2O. The Bertz CT molecular complexity index is 342. The average molecular weight is 287 g/mol. The molecule has 0 aliphatic carbocycles. The topological polar surface area (TPSA) is 47.3 Å². The minimum atomic E-state index is 0.183. The minimum absolute atomic E-state index is 0.183. The first-order valence-electron chi connectivity index (χ1n) is 5.38. The van der Waals surface area contributed by atoms with Gasteiger partial charge in [-0.05, 0) is 33.6 Å². The molecule has 16 heavy (non-hydrogen) atoms. The Morgan fingerprint density at radius 1 is 1.44 bits per heavy atom. The van der Waals surface area contributed by atoms with Crippen LogP contribution in [0.4, 0.5) is 0 Å². The molecule has 0 spiro atoms. The predicted molar refractivity (Wildman–Crippen MR) is 70.8 cm³/mol. The van der Waals surface area contributed by atoms with Crippen molar-refractivity contribution in [1.82, 2.24) is 5.32 Å². The maximum Gasteiger partial charge on any atom is 0.133 e. The van der Waals surface area contributed by atoms with Crippen molar-refractivity contribution < 1.29 is 4.74 Å². The highest BCUT2D eigenvalue weighted by Crippen LogP contribution is 2.27. The van der Waals surface area contributed by atoms with E-state index in [1.807, 2.05) is 18.2 Å². The highest BCUT2D eigenvalue weighted by Gasteiger charge is 2.12. The Morgan fingerprint density at radius 2 is 2.12 bits per heavy atom. The van der Waals surface area contributed by atoms with E-state index in [0.29, 0.717) is 12.6 Å². The lowest BCUT2D eigenvalue weighted by molar-refractivity contribution is 0.411. The number of nitrogens with two attached hydrogens (primary N) is 1. The van der Waals surface area contributed by atoms with Crippen molar-refractivity contribution in [1.29, 1.82) is 0 Å². The van der Waals surface area contributed by atoms with Gasteiger partial charge in [0.1, 0.15) is 5.75 Å². The molecule has 90 valence electrons. The number of hydrogen-bond donors (Lipinski definition) is 2. The van der Waals surface area contributed by atoms with Crippen molar-refractivity contribution in [3.8, 4) is 5.75 Å². The molecule has 3 N–H and O–H groups in total. The quantitative estimate of drug-likeness (QED) is 0.874. The van der Waals surface area contributed by atoms with Crippen LogP contribution < -0.4 is 15.8 Å². The minimum Gasteiger partial charge on any atom is -0.496 e. The molecule has 0 aliphatic heterocycles. The summed E-state index contributed by atoms with van der Waals surface area (Å²) in [6, 6.07) is 6.63. The molecule has 0 radical (unpaired) electrons. The zero-order valence-electron chi connectivity index (χ0n) is 9.96. The van der Waals surface area contributed by atoms with Gasteiger partial charge in [0.15, 0.2) is 0 Å². The van der Waals surface area contributed by atoms with Gasteiger partial charge in [0.2, 0.25) is 0 Å². The lowest BCUT2D eigenvalue weighted by Gasteiger charge is -2.20. The van der Waals surface area contributed by atoms with E-state index in [4.69, 9.17) is 10.5 Å². The molecule has 3 nitrogen and oxygen atoms in total. The van der Waals surface area contributed by atoms with Crippen molar-refractivity contribution in [2.75, 3.05) is 13.7 Å². The third kappa shape index (κ3) is 3.47. The molecule has 1 unspecified atom stereocenters. The molecule has 0 amide bonds. The average Bonchev–Trinajstić information content (AvgIpc) is 2.25. The third-order valence-electron chi connectivity index (χ3n) is 2.35. The number of halogens is 1. The second-order valence-electron chi connectivity index (χ2n) is 4.00. The maximum absolute atomic E-state index is 5.76. The highest BCUT2D eigenvalue weighted by atomic mass is 79.9. The monoisotopic (exact) mass is 286 g/mol. The van der Waals surface area contributed by atoms with Crippen LogP contribution >= 0.6 is 15.9 Å². The molecule has 1 aromatic carbocycles. The fraction of sp³-hybridized carbons (Fsp3) is 0.500. The van der Waals surface area contributed by atoms with Gasteiger partial charge in [-0.1, -0.05) is 19.9 Å². The normalized spacial score (nSPS) is 12.9. The summed E-state index contributed by atoms with van der Waals surface area (Å²) in [6.45, 7) is 4.80. The maximum atomic E-state index is 5.76. The first-order valence-corrected chi connectivity index (χ1v) is 6.17. The van der Waals surface area contributed by atoms with E-state index in [-0.39, 0.29) is 6.04 Å². The van der Waals surface area contributed by atoms with Crippen LogP contribution in [0.15, 0.2) is 22.7 Å². The number of rotatable bonds is 5. The summed E-state index contributed by atoms with van der Waals surface area (Å²) >= 11 is 3.48. The Kier molecular flexibility index (Phi) is 5.25. The van der Waals surface area contributed by atoms with Crippen LogP contribution in [0, 0.1) is 0 Å². The van der Waals surface area contributed by atoms with Gasteiger partial charge in [-0.25, -0.2) is 0 Å². The van der Waals surface area contributed by atoms with Crippen molar-refractivity contribution in [3.05, 3.63) is 28.2 Å². The predicted octanol–water partition coefficient (Wildman–Crippen LogP) is 2.46. The van der Waals surface area contributed by atoms with Crippen molar-refractivity contribution in [2.45, 2.75) is 25.9 Å². The summed E-state index contributed by atoms with van der Waals surface area (Å²) in [7, 11) is 1.66.